The highest BCUT2D eigenvalue weighted by Crippen LogP contribution is 1.81. The van der Waals surface area contributed by atoms with Gasteiger partial charge in [0, 0.05) is 20.2 Å². The molecule has 8 nitrogen and oxygen atoms in total. The van der Waals surface area contributed by atoms with Crippen LogP contribution in [-0.4, -0.2) is 72.4 Å². The first-order valence-electron chi connectivity index (χ1n) is 7.23. The molecule has 0 heterocycles. The predicted octanol–water partition coefficient (Wildman–Crippen LogP) is -0.712. The van der Waals surface area contributed by atoms with Crippen molar-refractivity contribution in [1.29, 1.82) is 0 Å². The van der Waals surface area contributed by atoms with E-state index in [1.807, 2.05) is 13.8 Å². The molecular weight excluding hydrogens is 278 g/mol. The van der Waals surface area contributed by atoms with E-state index in [9.17, 15) is 4.79 Å². The Kier molecular flexibility index (Phi) is 23.1. The van der Waals surface area contributed by atoms with Crippen LogP contribution in [-0.2, 0) is 23.7 Å². The Bertz CT molecular complexity index is 208. The molecule has 21 heavy (non-hydrogen) atoms. The van der Waals surface area contributed by atoms with Crippen LogP contribution in [0.3, 0.4) is 0 Å². The van der Waals surface area contributed by atoms with Crippen LogP contribution in [0.1, 0.15) is 13.8 Å². The summed E-state index contributed by atoms with van der Waals surface area (Å²) in [7, 11) is 1.48. The van der Waals surface area contributed by atoms with E-state index in [0.29, 0.717) is 52.7 Å². The third-order valence-electron chi connectivity index (χ3n) is 1.98. The van der Waals surface area contributed by atoms with E-state index in [4.69, 9.17) is 20.1 Å². The average molecular weight is 309 g/mol. The Labute approximate surface area is 127 Å². The Morgan fingerprint density at radius 1 is 0.905 bits per heavy atom. The van der Waals surface area contributed by atoms with Crippen molar-refractivity contribution in [1.82, 2.24) is 10.7 Å². The van der Waals surface area contributed by atoms with Gasteiger partial charge in [-0.2, -0.15) is 0 Å². The third kappa shape index (κ3) is 21.7. The second-order valence-corrected chi connectivity index (χ2v) is 3.57. The molecule has 0 spiro atoms. The molecule has 0 aliphatic carbocycles. The van der Waals surface area contributed by atoms with Crippen LogP contribution < -0.4 is 16.6 Å². The van der Waals surface area contributed by atoms with Crippen LogP contribution in [0.15, 0.2) is 0 Å². The molecule has 4 N–H and O–H groups in total. The molecule has 0 bridgehead atoms. The normalized spacial score (nSPS) is 9.90. The number of carbonyl (C=O) groups is 1. The van der Waals surface area contributed by atoms with E-state index < -0.39 is 0 Å². The predicted molar refractivity (Wildman–Crippen MR) is 80.9 cm³/mol. The second-order valence-electron chi connectivity index (χ2n) is 3.57. The van der Waals surface area contributed by atoms with Crippen LogP contribution >= 0.6 is 0 Å². The Morgan fingerprint density at radius 2 is 1.38 bits per heavy atom. The number of carbonyl (C=O) groups excluding carboxylic acids is 1. The first kappa shape index (κ1) is 22.5. The SMILES string of the molecule is CC.COCC(=O)NCCOCCOCCOCCNN. The van der Waals surface area contributed by atoms with Gasteiger partial charge in [-0.05, 0) is 0 Å². The molecule has 8 heteroatoms. The molecule has 0 saturated carbocycles. The van der Waals surface area contributed by atoms with Crippen molar-refractivity contribution in [2.45, 2.75) is 13.8 Å². The highest BCUT2D eigenvalue weighted by atomic mass is 16.5. The van der Waals surface area contributed by atoms with Crippen molar-refractivity contribution in [3.05, 3.63) is 0 Å². The van der Waals surface area contributed by atoms with Gasteiger partial charge in [-0.25, -0.2) is 0 Å². The number of rotatable bonds is 14. The molecule has 0 aliphatic rings. The molecule has 0 aromatic rings. The molecule has 0 aromatic heterocycles. The van der Waals surface area contributed by atoms with E-state index in [0.717, 1.165) is 0 Å². The summed E-state index contributed by atoms with van der Waals surface area (Å²) in [5, 5.41) is 2.65. The third-order valence-corrected chi connectivity index (χ3v) is 1.98. The number of hydrogen-bond acceptors (Lipinski definition) is 7. The number of methoxy groups -OCH3 is 1. The van der Waals surface area contributed by atoms with E-state index in [1.54, 1.807) is 0 Å². The van der Waals surface area contributed by atoms with E-state index in [1.165, 1.54) is 7.11 Å². The maximum absolute atomic E-state index is 11.0. The summed E-state index contributed by atoms with van der Waals surface area (Å²) in [6.07, 6.45) is 0. The van der Waals surface area contributed by atoms with Crippen LogP contribution in [0.25, 0.3) is 0 Å². The van der Waals surface area contributed by atoms with Crippen molar-refractivity contribution in [3.63, 3.8) is 0 Å². The lowest BCUT2D eigenvalue weighted by atomic mass is 10.6. The lowest BCUT2D eigenvalue weighted by Gasteiger charge is -2.07. The number of ether oxygens (including phenoxy) is 4. The highest BCUT2D eigenvalue weighted by Gasteiger charge is 1.97. The van der Waals surface area contributed by atoms with E-state index in [2.05, 4.69) is 15.5 Å². The summed E-state index contributed by atoms with van der Waals surface area (Å²) in [6.45, 7) is 8.25. The molecule has 0 radical (unpaired) electrons. The number of amides is 1. The Hall–Kier alpha value is -0.770. The fourth-order valence-electron chi connectivity index (χ4n) is 1.12. The fraction of sp³-hybridized carbons (Fsp3) is 0.923. The minimum absolute atomic E-state index is 0.0722. The van der Waals surface area contributed by atoms with Gasteiger partial charge in [0.2, 0.25) is 5.91 Å². The zero-order valence-electron chi connectivity index (χ0n) is 13.5. The summed E-state index contributed by atoms with van der Waals surface area (Å²) in [6, 6.07) is 0. The van der Waals surface area contributed by atoms with Gasteiger partial charge in [0.15, 0.2) is 0 Å². The maximum atomic E-state index is 11.0. The summed E-state index contributed by atoms with van der Waals surface area (Å²) in [4.78, 5) is 11.0. The van der Waals surface area contributed by atoms with Crippen LogP contribution in [0, 0.1) is 0 Å². The van der Waals surface area contributed by atoms with Gasteiger partial charge in [0.25, 0.3) is 0 Å². The lowest BCUT2D eigenvalue weighted by molar-refractivity contribution is -0.125. The van der Waals surface area contributed by atoms with Gasteiger partial charge < -0.3 is 24.3 Å². The van der Waals surface area contributed by atoms with Crippen molar-refractivity contribution in [2.75, 3.05) is 66.4 Å². The smallest absolute Gasteiger partial charge is 0.246 e. The summed E-state index contributed by atoms with van der Waals surface area (Å²) in [5.41, 5.74) is 2.49. The fourth-order valence-corrected chi connectivity index (χ4v) is 1.12. The van der Waals surface area contributed by atoms with Crippen molar-refractivity contribution in [3.8, 4) is 0 Å². The van der Waals surface area contributed by atoms with Gasteiger partial charge in [-0.1, -0.05) is 13.8 Å². The molecular formula is C13H31N3O5. The molecule has 0 aliphatic heterocycles. The van der Waals surface area contributed by atoms with Crippen molar-refractivity contribution in [2.24, 2.45) is 5.84 Å². The Balaban J connectivity index is 0. The molecule has 0 rings (SSSR count). The zero-order valence-corrected chi connectivity index (χ0v) is 13.5. The zero-order chi connectivity index (χ0) is 16.2. The first-order valence-corrected chi connectivity index (χ1v) is 7.23. The van der Waals surface area contributed by atoms with Crippen LogP contribution in [0.4, 0.5) is 0 Å². The summed E-state index contributed by atoms with van der Waals surface area (Å²) >= 11 is 0. The summed E-state index contributed by atoms with van der Waals surface area (Å²) in [5.74, 6) is 4.93. The van der Waals surface area contributed by atoms with Gasteiger partial charge in [-0.15, -0.1) is 0 Å². The van der Waals surface area contributed by atoms with Gasteiger partial charge in [0.1, 0.15) is 6.61 Å². The first-order chi connectivity index (χ1) is 10.3. The topological polar surface area (TPSA) is 104 Å². The molecule has 128 valence electrons. The lowest BCUT2D eigenvalue weighted by Crippen LogP contribution is -2.30. The van der Waals surface area contributed by atoms with Gasteiger partial charge >= 0.3 is 0 Å². The number of hydrogen-bond donors (Lipinski definition) is 3. The molecule has 0 aromatic carbocycles. The highest BCUT2D eigenvalue weighted by molar-refractivity contribution is 5.77. The minimum atomic E-state index is -0.147. The molecule has 0 fully saturated rings. The number of nitrogens with one attached hydrogen (secondary N) is 2. The van der Waals surface area contributed by atoms with Crippen LogP contribution in [0.2, 0.25) is 0 Å². The average Bonchev–Trinajstić information content (AvgIpc) is 2.51. The Morgan fingerprint density at radius 3 is 1.86 bits per heavy atom. The van der Waals surface area contributed by atoms with Gasteiger partial charge in [-0.3, -0.25) is 16.1 Å². The quantitative estimate of drug-likeness (QED) is 0.221. The molecule has 0 atom stereocenters. The van der Waals surface area contributed by atoms with E-state index in [-0.39, 0.29) is 12.5 Å². The molecule has 0 unspecified atom stereocenters. The molecule has 1 amide bonds. The number of nitrogens with two attached hydrogens (primary N) is 1. The standard InChI is InChI=1S/C11H25N3O5.C2H6/c1-16-10-11(15)13-2-4-17-6-8-19-9-7-18-5-3-14-12;1-2/h14H,2-10,12H2,1H3,(H,13,15);1-2H3. The largest absolute Gasteiger partial charge is 0.378 e. The second kappa shape index (κ2) is 21.5. The van der Waals surface area contributed by atoms with Crippen LogP contribution in [0.5, 0.6) is 0 Å². The minimum Gasteiger partial charge on any atom is -0.378 e. The monoisotopic (exact) mass is 309 g/mol. The van der Waals surface area contributed by atoms with E-state index >= 15 is 0 Å². The number of hydrazine groups is 1. The molecule has 0 saturated heterocycles. The van der Waals surface area contributed by atoms with Crippen molar-refractivity contribution >= 4 is 5.91 Å². The maximum Gasteiger partial charge on any atom is 0.246 e. The summed E-state index contributed by atoms with van der Waals surface area (Å²) < 4.78 is 20.4. The van der Waals surface area contributed by atoms with Crippen molar-refractivity contribution < 1.29 is 23.7 Å². The van der Waals surface area contributed by atoms with Gasteiger partial charge in [0.05, 0.1) is 39.6 Å².